The SMILES string of the molecule is Cc1cccc(C=C2SC(=O)N(Cc3ccc(Cl)cc3)C2=O)n1. The molecule has 2 heterocycles. The van der Waals surface area contributed by atoms with Crippen LogP contribution >= 0.6 is 23.4 Å². The van der Waals surface area contributed by atoms with Gasteiger partial charge in [0.15, 0.2) is 0 Å². The summed E-state index contributed by atoms with van der Waals surface area (Å²) in [6, 6.07) is 12.6. The van der Waals surface area contributed by atoms with Crippen molar-refractivity contribution in [1.82, 2.24) is 9.88 Å². The Balaban J connectivity index is 1.81. The number of hydrogen-bond acceptors (Lipinski definition) is 4. The Bertz CT molecular complexity index is 802. The van der Waals surface area contributed by atoms with Gasteiger partial charge in [0, 0.05) is 10.7 Å². The van der Waals surface area contributed by atoms with Crippen LogP contribution < -0.4 is 0 Å². The lowest BCUT2D eigenvalue weighted by Crippen LogP contribution is -2.27. The maximum atomic E-state index is 12.4. The summed E-state index contributed by atoms with van der Waals surface area (Å²) in [4.78, 5) is 30.5. The summed E-state index contributed by atoms with van der Waals surface area (Å²) in [5.41, 5.74) is 2.38. The molecule has 116 valence electrons. The molecule has 4 nitrogen and oxygen atoms in total. The first-order valence-corrected chi connectivity index (χ1v) is 8.16. The van der Waals surface area contributed by atoms with Gasteiger partial charge in [-0.15, -0.1) is 0 Å². The van der Waals surface area contributed by atoms with Gasteiger partial charge in [-0.25, -0.2) is 0 Å². The lowest BCUT2D eigenvalue weighted by Gasteiger charge is -2.12. The molecule has 2 aromatic rings. The van der Waals surface area contributed by atoms with Crippen LogP contribution in [-0.4, -0.2) is 21.0 Å². The molecule has 0 bridgehead atoms. The van der Waals surface area contributed by atoms with Gasteiger partial charge in [-0.1, -0.05) is 29.8 Å². The van der Waals surface area contributed by atoms with E-state index in [2.05, 4.69) is 4.98 Å². The number of hydrogen-bond donors (Lipinski definition) is 0. The maximum absolute atomic E-state index is 12.4. The van der Waals surface area contributed by atoms with Crippen molar-refractivity contribution in [2.24, 2.45) is 0 Å². The third kappa shape index (κ3) is 3.63. The predicted octanol–water partition coefficient (Wildman–Crippen LogP) is 4.28. The summed E-state index contributed by atoms with van der Waals surface area (Å²) >= 11 is 6.78. The molecular weight excluding hydrogens is 332 g/mol. The minimum Gasteiger partial charge on any atom is -0.268 e. The Morgan fingerprint density at radius 3 is 2.61 bits per heavy atom. The summed E-state index contributed by atoms with van der Waals surface area (Å²) in [5.74, 6) is -0.293. The molecule has 2 amide bonds. The minimum absolute atomic E-state index is 0.237. The van der Waals surface area contributed by atoms with Gasteiger partial charge in [-0.2, -0.15) is 0 Å². The second-order valence-corrected chi connectivity index (χ2v) is 6.53. The first-order valence-electron chi connectivity index (χ1n) is 6.96. The molecule has 1 saturated heterocycles. The quantitative estimate of drug-likeness (QED) is 0.780. The van der Waals surface area contributed by atoms with Crippen LogP contribution in [0.1, 0.15) is 17.0 Å². The lowest BCUT2D eigenvalue weighted by molar-refractivity contribution is -0.123. The van der Waals surface area contributed by atoms with Gasteiger partial charge >= 0.3 is 0 Å². The van der Waals surface area contributed by atoms with E-state index < -0.39 is 0 Å². The Labute approximate surface area is 143 Å². The number of thioether (sulfide) groups is 1. The zero-order valence-electron chi connectivity index (χ0n) is 12.3. The number of imide groups is 1. The monoisotopic (exact) mass is 344 g/mol. The maximum Gasteiger partial charge on any atom is 0.293 e. The van der Waals surface area contributed by atoms with Crippen LogP contribution in [0.5, 0.6) is 0 Å². The van der Waals surface area contributed by atoms with Crippen molar-refractivity contribution in [3.05, 3.63) is 69.3 Å². The minimum atomic E-state index is -0.293. The zero-order valence-corrected chi connectivity index (χ0v) is 13.9. The van der Waals surface area contributed by atoms with Crippen molar-refractivity contribution in [2.45, 2.75) is 13.5 Å². The van der Waals surface area contributed by atoms with E-state index in [4.69, 9.17) is 11.6 Å². The van der Waals surface area contributed by atoms with Crippen molar-refractivity contribution in [2.75, 3.05) is 0 Å². The van der Waals surface area contributed by atoms with E-state index in [0.29, 0.717) is 15.6 Å². The van der Waals surface area contributed by atoms with Crippen LogP contribution in [0.25, 0.3) is 6.08 Å². The summed E-state index contributed by atoms with van der Waals surface area (Å²) in [7, 11) is 0. The topological polar surface area (TPSA) is 50.3 Å². The van der Waals surface area contributed by atoms with Gasteiger partial charge in [-0.3, -0.25) is 19.5 Å². The lowest BCUT2D eigenvalue weighted by atomic mass is 10.2. The second kappa shape index (κ2) is 6.56. The molecule has 0 atom stereocenters. The molecule has 0 unspecified atom stereocenters. The molecule has 0 saturated carbocycles. The highest BCUT2D eigenvalue weighted by Gasteiger charge is 2.35. The van der Waals surface area contributed by atoms with Crippen LogP contribution in [0.2, 0.25) is 5.02 Å². The normalized spacial score (nSPS) is 16.4. The summed E-state index contributed by atoms with van der Waals surface area (Å²) < 4.78 is 0. The molecular formula is C17H13ClN2O2S. The van der Waals surface area contributed by atoms with Gasteiger partial charge in [0.1, 0.15) is 0 Å². The predicted molar refractivity (Wildman–Crippen MR) is 91.9 cm³/mol. The first-order chi connectivity index (χ1) is 11.0. The number of aromatic nitrogens is 1. The van der Waals surface area contributed by atoms with Crippen molar-refractivity contribution >= 4 is 40.6 Å². The molecule has 6 heteroatoms. The molecule has 0 N–H and O–H groups in total. The number of pyridine rings is 1. The molecule has 0 aliphatic carbocycles. The Morgan fingerprint density at radius 1 is 1.17 bits per heavy atom. The first kappa shape index (κ1) is 15.8. The second-order valence-electron chi connectivity index (χ2n) is 5.10. The Hall–Kier alpha value is -2.11. The third-order valence-electron chi connectivity index (χ3n) is 3.32. The van der Waals surface area contributed by atoms with Crippen LogP contribution in [0.15, 0.2) is 47.4 Å². The fraction of sp³-hybridized carbons (Fsp3) is 0.118. The summed E-state index contributed by atoms with van der Waals surface area (Å²) in [6.45, 7) is 2.12. The smallest absolute Gasteiger partial charge is 0.268 e. The molecule has 1 fully saturated rings. The highest BCUT2D eigenvalue weighted by Crippen LogP contribution is 2.33. The average Bonchev–Trinajstić information content (AvgIpc) is 2.77. The number of halogens is 1. The average molecular weight is 345 g/mol. The highest BCUT2D eigenvalue weighted by atomic mass is 35.5. The van der Waals surface area contributed by atoms with Crippen molar-refractivity contribution in [3.63, 3.8) is 0 Å². The molecule has 0 radical (unpaired) electrons. The van der Waals surface area contributed by atoms with E-state index in [1.54, 1.807) is 36.4 Å². The molecule has 1 aromatic heterocycles. The van der Waals surface area contributed by atoms with Gasteiger partial charge in [0.25, 0.3) is 11.1 Å². The van der Waals surface area contributed by atoms with Crippen LogP contribution in [0, 0.1) is 6.92 Å². The fourth-order valence-corrected chi connectivity index (χ4v) is 3.14. The van der Waals surface area contributed by atoms with Gasteiger partial charge in [-0.05, 0) is 54.6 Å². The standard InChI is InChI=1S/C17H13ClN2O2S/c1-11-3-2-4-14(19-11)9-15-16(21)20(17(22)23-15)10-12-5-7-13(18)8-6-12/h2-9H,10H2,1H3. The Kier molecular flexibility index (Phi) is 4.50. The summed E-state index contributed by atoms with van der Waals surface area (Å²) in [6.07, 6.45) is 1.65. The van der Waals surface area contributed by atoms with Crippen molar-refractivity contribution < 1.29 is 9.59 Å². The van der Waals surface area contributed by atoms with Crippen molar-refractivity contribution in [3.8, 4) is 0 Å². The fourth-order valence-electron chi connectivity index (χ4n) is 2.19. The number of carbonyl (C=O) groups excluding carboxylic acids is 2. The molecule has 3 rings (SSSR count). The number of rotatable bonds is 3. The molecule has 1 aliphatic rings. The molecule has 1 aliphatic heterocycles. The largest absolute Gasteiger partial charge is 0.293 e. The van der Waals surface area contributed by atoms with E-state index >= 15 is 0 Å². The van der Waals surface area contributed by atoms with Gasteiger partial charge in [0.2, 0.25) is 0 Å². The Morgan fingerprint density at radius 2 is 1.91 bits per heavy atom. The third-order valence-corrected chi connectivity index (χ3v) is 4.48. The summed E-state index contributed by atoms with van der Waals surface area (Å²) in [5, 5.41) is 0.345. The van der Waals surface area contributed by atoms with Gasteiger partial charge < -0.3 is 0 Å². The number of aryl methyl sites for hydroxylation is 1. The highest BCUT2D eigenvalue weighted by molar-refractivity contribution is 8.18. The van der Waals surface area contributed by atoms with Crippen molar-refractivity contribution in [1.29, 1.82) is 0 Å². The van der Waals surface area contributed by atoms with E-state index in [-0.39, 0.29) is 17.7 Å². The molecule has 0 spiro atoms. The van der Waals surface area contributed by atoms with Crippen LogP contribution in [0.3, 0.4) is 0 Å². The number of amides is 2. The van der Waals surface area contributed by atoms with Crippen LogP contribution in [0.4, 0.5) is 4.79 Å². The zero-order chi connectivity index (χ0) is 16.4. The van der Waals surface area contributed by atoms with E-state index in [1.165, 1.54) is 4.90 Å². The molecule has 1 aromatic carbocycles. The van der Waals surface area contributed by atoms with Crippen LogP contribution in [-0.2, 0) is 11.3 Å². The van der Waals surface area contributed by atoms with E-state index in [0.717, 1.165) is 23.0 Å². The number of carbonyl (C=O) groups is 2. The number of nitrogens with zero attached hydrogens (tertiary/aromatic N) is 2. The van der Waals surface area contributed by atoms with Gasteiger partial charge in [0.05, 0.1) is 17.1 Å². The van der Waals surface area contributed by atoms with E-state index in [1.807, 2.05) is 19.1 Å². The molecule has 23 heavy (non-hydrogen) atoms. The van der Waals surface area contributed by atoms with E-state index in [9.17, 15) is 9.59 Å². The number of benzene rings is 1.